The fourth-order valence-electron chi connectivity index (χ4n) is 2.86. The van der Waals surface area contributed by atoms with Crippen molar-refractivity contribution in [2.75, 3.05) is 13.2 Å². The van der Waals surface area contributed by atoms with Gasteiger partial charge in [-0.05, 0) is 24.8 Å². The third-order valence-electron chi connectivity index (χ3n) is 4.31. The highest BCUT2D eigenvalue weighted by Crippen LogP contribution is 2.20. The summed E-state index contributed by atoms with van der Waals surface area (Å²) in [5.41, 5.74) is 0.816. The highest BCUT2D eigenvalue weighted by molar-refractivity contribution is 5.84. The summed E-state index contributed by atoms with van der Waals surface area (Å²) in [5.74, 6) is -0.715. The first-order chi connectivity index (χ1) is 12.6. The minimum Gasteiger partial charge on any atom is -0.455 e. The van der Waals surface area contributed by atoms with Crippen LogP contribution in [0.25, 0.3) is 0 Å². The van der Waals surface area contributed by atoms with E-state index in [2.05, 4.69) is 5.32 Å². The topological polar surface area (TPSA) is 103 Å². The second kappa shape index (κ2) is 8.98. The Kier molecular flexibility index (Phi) is 6.43. The monoisotopic (exact) mass is 365 g/mol. The van der Waals surface area contributed by atoms with E-state index in [0.29, 0.717) is 6.61 Å². The number of cyclic esters (lactones) is 1. The minimum atomic E-state index is -1.21. The van der Waals surface area contributed by atoms with E-state index in [9.17, 15) is 14.7 Å². The predicted molar refractivity (Wildman–Crippen MR) is 89.0 cm³/mol. The Morgan fingerprint density at radius 1 is 1.27 bits per heavy atom. The first-order valence-corrected chi connectivity index (χ1v) is 8.72. The highest BCUT2D eigenvalue weighted by atomic mass is 16.7. The van der Waals surface area contributed by atoms with Gasteiger partial charge in [0, 0.05) is 6.61 Å². The van der Waals surface area contributed by atoms with Gasteiger partial charge in [-0.1, -0.05) is 30.3 Å². The number of carbonyl (C=O) groups excluding carboxylic acids is 2. The lowest BCUT2D eigenvalue weighted by molar-refractivity contribution is -0.183. The minimum absolute atomic E-state index is 0.00875. The molecule has 0 aliphatic carbocycles. The molecule has 0 spiro atoms. The van der Waals surface area contributed by atoms with Gasteiger partial charge in [0.25, 0.3) is 0 Å². The summed E-state index contributed by atoms with van der Waals surface area (Å²) in [6.07, 6.45) is -0.440. The van der Waals surface area contributed by atoms with E-state index in [1.165, 1.54) is 0 Å². The Balaban J connectivity index is 1.44. The Morgan fingerprint density at radius 3 is 2.81 bits per heavy atom. The van der Waals surface area contributed by atoms with Gasteiger partial charge in [-0.2, -0.15) is 0 Å². The van der Waals surface area contributed by atoms with Gasteiger partial charge in [0.2, 0.25) is 0 Å². The molecule has 4 atom stereocenters. The van der Waals surface area contributed by atoms with E-state index in [0.717, 1.165) is 24.8 Å². The second-order valence-corrected chi connectivity index (χ2v) is 6.28. The molecule has 2 fully saturated rings. The van der Waals surface area contributed by atoms with Crippen molar-refractivity contribution in [3.05, 3.63) is 35.9 Å². The summed E-state index contributed by atoms with van der Waals surface area (Å²) in [4.78, 5) is 23.8. The number of amides is 1. The van der Waals surface area contributed by atoms with Crippen molar-refractivity contribution >= 4 is 12.1 Å². The number of hydrogen-bond acceptors (Lipinski definition) is 7. The maximum Gasteiger partial charge on any atom is 0.408 e. The maximum atomic E-state index is 11.9. The molecule has 1 aromatic carbocycles. The van der Waals surface area contributed by atoms with Crippen LogP contribution in [0.3, 0.4) is 0 Å². The average Bonchev–Trinajstić information content (AvgIpc) is 2.94. The number of aliphatic hydroxyl groups excluding tert-OH is 1. The molecule has 8 heteroatoms. The normalized spacial score (nSPS) is 28.4. The fourth-order valence-corrected chi connectivity index (χ4v) is 2.86. The van der Waals surface area contributed by atoms with E-state index in [1.807, 2.05) is 30.3 Å². The van der Waals surface area contributed by atoms with E-state index >= 15 is 0 Å². The van der Waals surface area contributed by atoms with Crippen LogP contribution in [0.1, 0.15) is 24.8 Å². The van der Waals surface area contributed by atoms with Crippen LogP contribution in [-0.2, 0) is 30.3 Å². The number of esters is 1. The van der Waals surface area contributed by atoms with Gasteiger partial charge < -0.3 is 29.4 Å². The molecule has 142 valence electrons. The smallest absolute Gasteiger partial charge is 0.408 e. The number of hydrogen-bond donors (Lipinski definition) is 2. The zero-order valence-electron chi connectivity index (χ0n) is 14.3. The van der Waals surface area contributed by atoms with Gasteiger partial charge in [-0.15, -0.1) is 0 Å². The van der Waals surface area contributed by atoms with E-state index in [-0.39, 0.29) is 19.5 Å². The highest BCUT2D eigenvalue weighted by Gasteiger charge is 2.45. The largest absolute Gasteiger partial charge is 0.455 e. The third kappa shape index (κ3) is 4.94. The third-order valence-corrected chi connectivity index (χ3v) is 4.31. The zero-order chi connectivity index (χ0) is 18.4. The molecule has 2 saturated heterocycles. The molecular formula is C18H23NO7. The lowest BCUT2D eigenvalue weighted by Gasteiger charge is -2.24. The first kappa shape index (κ1) is 18.6. The average molecular weight is 365 g/mol. The zero-order valence-corrected chi connectivity index (χ0v) is 14.3. The van der Waals surface area contributed by atoms with Gasteiger partial charge in [0.05, 0.1) is 6.61 Å². The number of aliphatic hydroxyl groups is 1. The molecule has 8 nitrogen and oxygen atoms in total. The van der Waals surface area contributed by atoms with Crippen molar-refractivity contribution in [1.29, 1.82) is 0 Å². The summed E-state index contributed by atoms with van der Waals surface area (Å²) >= 11 is 0. The molecule has 0 aromatic heterocycles. The van der Waals surface area contributed by atoms with Gasteiger partial charge in [0.1, 0.15) is 12.7 Å². The first-order valence-electron chi connectivity index (χ1n) is 8.72. The van der Waals surface area contributed by atoms with E-state index in [4.69, 9.17) is 18.9 Å². The molecule has 0 saturated carbocycles. The van der Waals surface area contributed by atoms with E-state index in [1.54, 1.807) is 0 Å². The van der Waals surface area contributed by atoms with Crippen molar-refractivity contribution < 1.29 is 33.6 Å². The number of ether oxygens (including phenoxy) is 4. The van der Waals surface area contributed by atoms with Crippen molar-refractivity contribution in [2.24, 2.45) is 0 Å². The summed E-state index contributed by atoms with van der Waals surface area (Å²) in [5, 5.41) is 12.6. The molecule has 2 aliphatic heterocycles. The molecule has 3 rings (SSSR count). The van der Waals surface area contributed by atoms with Gasteiger partial charge >= 0.3 is 12.1 Å². The molecular weight excluding hydrogens is 342 g/mol. The Labute approximate surface area is 151 Å². The van der Waals surface area contributed by atoms with Crippen LogP contribution in [-0.4, -0.2) is 54.9 Å². The molecule has 0 radical (unpaired) electrons. The molecule has 0 unspecified atom stereocenters. The van der Waals surface area contributed by atoms with Crippen molar-refractivity contribution in [2.45, 2.75) is 50.4 Å². The van der Waals surface area contributed by atoms with Gasteiger partial charge in [-0.25, -0.2) is 9.59 Å². The summed E-state index contributed by atoms with van der Waals surface area (Å²) in [6, 6.07) is 7.96. The molecule has 0 bridgehead atoms. The standard InChI is InChI=1S/C18H23NO7/c20-16-13(11-24-14-8-4-5-9-23-14)26-17(21)15(16)19-18(22)25-10-12-6-2-1-3-7-12/h1-3,6-7,13-16,20H,4-5,8-11H2,(H,19,22)/t13-,14+,15-,16-/m1/s1. The van der Waals surface area contributed by atoms with Crippen LogP contribution >= 0.6 is 0 Å². The maximum absolute atomic E-state index is 11.9. The number of carbonyl (C=O) groups is 2. The fraction of sp³-hybridized carbons (Fsp3) is 0.556. The lowest BCUT2D eigenvalue weighted by atomic mass is 10.1. The SMILES string of the molecule is O=C(N[C@H]1C(=O)O[C@H](CO[C@H]2CCCCO2)[C@H]1O)OCc1ccccc1. The van der Waals surface area contributed by atoms with Crippen LogP contribution in [0.2, 0.25) is 0 Å². The predicted octanol–water partition coefficient (Wildman–Crippen LogP) is 1.11. The van der Waals surface area contributed by atoms with Crippen LogP contribution in [0.4, 0.5) is 4.79 Å². The van der Waals surface area contributed by atoms with Crippen LogP contribution < -0.4 is 5.32 Å². The quantitative estimate of drug-likeness (QED) is 0.728. The molecule has 1 amide bonds. The van der Waals surface area contributed by atoms with Crippen LogP contribution in [0.5, 0.6) is 0 Å². The van der Waals surface area contributed by atoms with Crippen molar-refractivity contribution in [3.63, 3.8) is 0 Å². The lowest BCUT2D eigenvalue weighted by Crippen LogP contribution is -2.47. The van der Waals surface area contributed by atoms with Gasteiger partial charge in [0.15, 0.2) is 18.4 Å². The Hall–Kier alpha value is -2.16. The molecule has 2 N–H and O–H groups in total. The second-order valence-electron chi connectivity index (χ2n) is 6.28. The van der Waals surface area contributed by atoms with Crippen molar-refractivity contribution in [1.82, 2.24) is 5.32 Å². The van der Waals surface area contributed by atoms with Gasteiger partial charge in [-0.3, -0.25) is 0 Å². The van der Waals surface area contributed by atoms with Crippen LogP contribution in [0, 0.1) is 0 Å². The van der Waals surface area contributed by atoms with E-state index < -0.39 is 30.3 Å². The summed E-state index contributed by atoms with van der Waals surface area (Å²) < 4.78 is 21.1. The number of rotatable bonds is 6. The molecule has 1 aromatic rings. The number of nitrogens with one attached hydrogen (secondary N) is 1. The summed E-state index contributed by atoms with van der Waals surface area (Å²) in [6.45, 7) is 0.708. The van der Waals surface area contributed by atoms with Crippen LogP contribution in [0.15, 0.2) is 30.3 Å². The number of benzene rings is 1. The number of alkyl carbamates (subject to hydrolysis) is 1. The molecule has 26 heavy (non-hydrogen) atoms. The Bertz CT molecular complexity index is 603. The molecule has 2 heterocycles. The molecule has 2 aliphatic rings. The summed E-state index contributed by atoms with van der Waals surface area (Å²) in [7, 11) is 0. The van der Waals surface area contributed by atoms with Crippen molar-refractivity contribution in [3.8, 4) is 0 Å². The Morgan fingerprint density at radius 2 is 2.08 bits per heavy atom.